The van der Waals surface area contributed by atoms with E-state index in [2.05, 4.69) is 4.98 Å². The Labute approximate surface area is 110 Å². The van der Waals surface area contributed by atoms with E-state index in [1.165, 1.54) is 16.8 Å². The summed E-state index contributed by atoms with van der Waals surface area (Å²) in [6.07, 6.45) is -0.890. The van der Waals surface area contributed by atoms with Crippen LogP contribution in [0.3, 0.4) is 0 Å². The van der Waals surface area contributed by atoms with Crippen LogP contribution in [-0.4, -0.2) is 50.9 Å². The quantitative estimate of drug-likeness (QED) is 0.636. The Kier molecular flexibility index (Phi) is 3.16. The summed E-state index contributed by atoms with van der Waals surface area (Å²) < 4.78 is 19.9. The SMILES string of the molecule is [2H]C([3H])OC[C@H]1S[C@@H](n2ccc(N)nc2=O)C(O)[C@H]1O. The van der Waals surface area contributed by atoms with Crippen LogP contribution in [0, 0.1) is 0 Å². The Balaban J connectivity index is 2.15. The van der Waals surface area contributed by atoms with Gasteiger partial charge in [-0.1, -0.05) is 0 Å². The van der Waals surface area contributed by atoms with Gasteiger partial charge in [-0.2, -0.15) is 4.98 Å². The van der Waals surface area contributed by atoms with Crippen molar-refractivity contribution in [3.8, 4) is 0 Å². The van der Waals surface area contributed by atoms with Gasteiger partial charge in [-0.05, 0) is 6.07 Å². The zero-order valence-corrected chi connectivity index (χ0v) is 10.2. The molecule has 2 rings (SSSR count). The van der Waals surface area contributed by atoms with Crippen molar-refractivity contribution in [3.63, 3.8) is 0 Å². The molecular formula is C10H15N3O4S. The molecule has 1 fully saturated rings. The topological polar surface area (TPSA) is 111 Å². The first-order valence-electron chi connectivity index (χ1n) is 6.38. The average molecular weight is 276 g/mol. The van der Waals surface area contributed by atoms with E-state index in [0.29, 0.717) is 0 Å². The smallest absolute Gasteiger partial charge is 0.350 e. The molecule has 0 aromatic carbocycles. The van der Waals surface area contributed by atoms with Crippen LogP contribution in [0.15, 0.2) is 17.1 Å². The summed E-state index contributed by atoms with van der Waals surface area (Å²) in [5.74, 6) is 0.0791. The molecule has 18 heavy (non-hydrogen) atoms. The summed E-state index contributed by atoms with van der Waals surface area (Å²) in [7, 11) is -1.46. The molecule has 1 aromatic heterocycles. The first-order chi connectivity index (χ1) is 9.40. The van der Waals surface area contributed by atoms with Gasteiger partial charge in [-0.15, -0.1) is 11.8 Å². The molecule has 0 aliphatic carbocycles. The van der Waals surface area contributed by atoms with Crippen molar-refractivity contribution in [1.82, 2.24) is 9.55 Å². The summed E-state index contributed by atoms with van der Waals surface area (Å²) >= 11 is 1.13. The molecule has 5 atom stereocenters. The van der Waals surface area contributed by atoms with Crippen LogP contribution in [0.25, 0.3) is 0 Å². The normalized spacial score (nSPS) is 35.0. The predicted molar refractivity (Wildman–Crippen MR) is 67.2 cm³/mol. The third-order valence-electron chi connectivity index (χ3n) is 2.72. The second-order valence-corrected chi connectivity index (χ2v) is 5.28. The Hall–Kier alpha value is -1.09. The van der Waals surface area contributed by atoms with Crippen molar-refractivity contribution in [2.75, 3.05) is 19.4 Å². The molecule has 0 spiro atoms. The largest absolute Gasteiger partial charge is 0.389 e. The molecule has 1 aliphatic heterocycles. The maximum atomic E-state index is 11.7. The highest BCUT2D eigenvalue weighted by molar-refractivity contribution is 8.00. The van der Waals surface area contributed by atoms with E-state index in [1.54, 1.807) is 0 Å². The minimum absolute atomic E-state index is 0.0613. The summed E-state index contributed by atoms with van der Waals surface area (Å²) in [5.41, 5.74) is 4.78. The molecule has 8 heteroatoms. The highest BCUT2D eigenvalue weighted by Crippen LogP contribution is 2.41. The van der Waals surface area contributed by atoms with Gasteiger partial charge in [0.1, 0.15) is 17.3 Å². The van der Waals surface area contributed by atoms with E-state index in [4.69, 9.17) is 13.2 Å². The minimum atomic E-state index is -1.46. The van der Waals surface area contributed by atoms with Gasteiger partial charge < -0.3 is 20.7 Å². The fourth-order valence-corrected chi connectivity index (χ4v) is 3.26. The number of rotatable bonds is 3. The Morgan fingerprint density at radius 1 is 1.78 bits per heavy atom. The number of anilines is 1. The van der Waals surface area contributed by atoms with Gasteiger partial charge in [0.25, 0.3) is 0 Å². The third kappa shape index (κ3) is 2.37. The van der Waals surface area contributed by atoms with Crippen molar-refractivity contribution in [1.29, 1.82) is 0 Å². The molecule has 0 amide bonds. The number of hydrogen-bond acceptors (Lipinski definition) is 7. The second kappa shape index (κ2) is 5.27. The Morgan fingerprint density at radius 2 is 2.56 bits per heavy atom. The summed E-state index contributed by atoms with van der Waals surface area (Å²) in [6, 6.07) is 1.43. The van der Waals surface area contributed by atoms with E-state index in [9.17, 15) is 15.0 Å². The molecule has 2 heterocycles. The van der Waals surface area contributed by atoms with Gasteiger partial charge in [0.05, 0.1) is 20.7 Å². The van der Waals surface area contributed by atoms with Crippen molar-refractivity contribution < 1.29 is 17.7 Å². The molecule has 1 aliphatic rings. The Morgan fingerprint density at radius 3 is 3.22 bits per heavy atom. The molecule has 0 radical (unpaired) electrons. The highest BCUT2D eigenvalue weighted by Gasteiger charge is 2.43. The van der Waals surface area contributed by atoms with Crippen molar-refractivity contribution in [2.24, 2.45) is 0 Å². The van der Waals surface area contributed by atoms with Gasteiger partial charge >= 0.3 is 5.69 Å². The lowest BCUT2D eigenvalue weighted by molar-refractivity contribution is 0.00661. The maximum Gasteiger partial charge on any atom is 0.350 e. The van der Waals surface area contributed by atoms with Crippen molar-refractivity contribution >= 4 is 17.6 Å². The van der Waals surface area contributed by atoms with Gasteiger partial charge in [0, 0.05) is 13.3 Å². The average Bonchev–Trinajstić information content (AvgIpc) is 2.64. The van der Waals surface area contributed by atoms with Crippen LogP contribution in [0.1, 0.15) is 8.12 Å². The molecule has 2 unspecified atom stereocenters. The van der Waals surface area contributed by atoms with Crippen molar-refractivity contribution in [3.05, 3.63) is 22.7 Å². The first kappa shape index (κ1) is 10.8. The predicted octanol–water partition coefficient (Wildman–Crippen LogP) is -1.19. The van der Waals surface area contributed by atoms with E-state index in [-0.39, 0.29) is 12.4 Å². The Bertz CT molecular complexity index is 529. The number of aliphatic hydroxyl groups excluding tert-OH is 2. The first-order valence-corrected chi connectivity index (χ1v) is 6.17. The van der Waals surface area contributed by atoms with Crippen LogP contribution < -0.4 is 11.4 Å². The van der Waals surface area contributed by atoms with E-state index < -0.39 is 35.6 Å². The monoisotopic (exact) mass is 276 g/mol. The lowest BCUT2D eigenvalue weighted by Crippen LogP contribution is -2.36. The van der Waals surface area contributed by atoms with E-state index in [0.717, 1.165) is 11.8 Å². The number of aromatic nitrogens is 2. The molecule has 100 valence electrons. The fraction of sp³-hybridized carbons (Fsp3) is 0.600. The summed E-state index contributed by atoms with van der Waals surface area (Å²) in [4.78, 5) is 15.3. The number of thioether (sulfide) groups is 1. The van der Waals surface area contributed by atoms with Gasteiger partial charge in [0.2, 0.25) is 0 Å². The van der Waals surface area contributed by atoms with Crippen LogP contribution in [-0.2, 0) is 4.74 Å². The van der Waals surface area contributed by atoms with Gasteiger partial charge in [-0.3, -0.25) is 4.57 Å². The molecule has 0 bridgehead atoms. The summed E-state index contributed by atoms with van der Waals surface area (Å²) in [5, 5.41) is 18.7. The van der Waals surface area contributed by atoms with E-state index in [1.807, 2.05) is 0 Å². The number of aliphatic hydroxyl groups is 2. The molecular weight excluding hydrogens is 258 g/mol. The van der Waals surface area contributed by atoms with Gasteiger partial charge in [-0.25, -0.2) is 4.79 Å². The van der Waals surface area contributed by atoms with Gasteiger partial charge in [0.15, 0.2) is 0 Å². The van der Waals surface area contributed by atoms with Crippen molar-refractivity contribution in [2.45, 2.75) is 22.8 Å². The number of ether oxygens (including phenoxy) is 1. The number of nitrogens with zero attached hydrogens (tertiary/aromatic N) is 2. The molecule has 1 saturated heterocycles. The maximum absolute atomic E-state index is 11.7. The fourth-order valence-electron chi connectivity index (χ4n) is 1.81. The van der Waals surface area contributed by atoms with Crippen LogP contribution >= 0.6 is 11.8 Å². The molecule has 1 aromatic rings. The third-order valence-corrected chi connectivity index (χ3v) is 4.27. The lowest BCUT2D eigenvalue weighted by Gasteiger charge is -2.17. The van der Waals surface area contributed by atoms with Crippen LogP contribution in [0.5, 0.6) is 0 Å². The minimum Gasteiger partial charge on any atom is -0.389 e. The van der Waals surface area contributed by atoms with E-state index >= 15 is 0 Å². The molecule has 4 N–H and O–H groups in total. The number of hydrogen-bond donors (Lipinski definition) is 3. The second-order valence-electron chi connectivity index (χ2n) is 3.92. The standard InChI is InChI=1S/C10H15N3O4S/c1-17-4-5-7(14)8(15)9(18-5)13-3-2-6(11)12-10(13)16/h2-3,5,7-9,14-15H,4H2,1H3,(H2,11,12,16)/t5-,7+,8?,9-/m1/s1/i1TD/t1?,5-,7+,8?,9-. The number of nitrogens with two attached hydrogens (primary N) is 1. The number of nitrogen functional groups attached to an aromatic ring is 1. The molecule has 7 nitrogen and oxygen atoms in total. The zero-order valence-electron chi connectivity index (χ0n) is 11.3. The van der Waals surface area contributed by atoms with Crippen LogP contribution in [0.4, 0.5) is 5.82 Å². The van der Waals surface area contributed by atoms with Crippen LogP contribution in [0.2, 0.25) is 0 Å². The zero-order chi connectivity index (χ0) is 14.9. The lowest BCUT2D eigenvalue weighted by atomic mass is 10.1. The summed E-state index contributed by atoms with van der Waals surface area (Å²) in [6.45, 7) is -0.0613. The highest BCUT2D eigenvalue weighted by atomic mass is 32.2. The number of methoxy groups -OCH3 is 1. The molecule has 0 saturated carbocycles.